The standard InChI is InChI=1S/C21H24N2O3/c1-3-13-26-18-11-9-17(10-12-18)23-20(24)14-19(21(23)25)22(2)15-16-7-5-4-6-8-16/h4-12,19H,3,13-15H2,1-2H3. The number of nitrogens with zero attached hydrogens (tertiary/aromatic N) is 2. The summed E-state index contributed by atoms with van der Waals surface area (Å²) in [6.45, 7) is 3.32. The summed E-state index contributed by atoms with van der Waals surface area (Å²) in [5.41, 5.74) is 1.71. The highest BCUT2D eigenvalue weighted by molar-refractivity contribution is 6.22. The summed E-state index contributed by atoms with van der Waals surface area (Å²) in [5.74, 6) is 0.408. The van der Waals surface area contributed by atoms with E-state index < -0.39 is 6.04 Å². The topological polar surface area (TPSA) is 49.9 Å². The lowest BCUT2D eigenvalue weighted by Crippen LogP contribution is -2.39. The molecule has 0 bridgehead atoms. The molecule has 2 aromatic rings. The summed E-state index contributed by atoms with van der Waals surface area (Å²) < 4.78 is 5.56. The van der Waals surface area contributed by atoms with Gasteiger partial charge in [0.1, 0.15) is 5.75 Å². The fourth-order valence-electron chi connectivity index (χ4n) is 3.12. The maximum Gasteiger partial charge on any atom is 0.251 e. The van der Waals surface area contributed by atoms with E-state index in [2.05, 4.69) is 0 Å². The van der Waals surface area contributed by atoms with E-state index in [1.54, 1.807) is 24.3 Å². The molecular formula is C21H24N2O3. The molecule has 2 amide bonds. The van der Waals surface area contributed by atoms with E-state index in [0.717, 1.165) is 17.7 Å². The quantitative estimate of drug-likeness (QED) is 0.718. The zero-order chi connectivity index (χ0) is 18.5. The van der Waals surface area contributed by atoms with Gasteiger partial charge in [-0.1, -0.05) is 37.3 Å². The molecule has 0 spiro atoms. The van der Waals surface area contributed by atoms with Gasteiger partial charge in [-0.05, 0) is 43.3 Å². The number of ether oxygens (including phenoxy) is 1. The second kappa shape index (κ2) is 8.15. The Kier molecular flexibility index (Phi) is 5.68. The molecule has 1 unspecified atom stereocenters. The summed E-state index contributed by atoms with van der Waals surface area (Å²) in [7, 11) is 1.88. The van der Waals surface area contributed by atoms with Crippen molar-refractivity contribution in [2.75, 3.05) is 18.6 Å². The molecule has 0 radical (unpaired) electrons. The number of rotatable bonds is 7. The summed E-state index contributed by atoms with van der Waals surface area (Å²) in [6, 6.07) is 16.6. The van der Waals surface area contributed by atoms with Crippen LogP contribution < -0.4 is 9.64 Å². The first-order valence-electron chi connectivity index (χ1n) is 8.94. The summed E-state index contributed by atoms with van der Waals surface area (Å²) in [4.78, 5) is 28.5. The van der Waals surface area contributed by atoms with Gasteiger partial charge in [0.15, 0.2) is 0 Å². The maximum absolute atomic E-state index is 12.8. The third-order valence-electron chi connectivity index (χ3n) is 4.50. The highest BCUT2D eigenvalue weighted by Gasteiger charge is 2.41. The van der Waals surface area contributed by atoms with Gasteiger partial charge in [0.25, 0.3) is 5.91 Å². The monoisotopic (exact) mass is 352 g/mol. The smallest absolute Gasteiger partial charge is 0.251 e. The first kappa shape index (κ1) is 18.1. The van der Waals surface area contributed by atoms with E-state index in [1.165, 1.54) is 4.90 Å². The zero-order valence-electron chi connectivity index (χ0n) is 15.2. The van der Waals surface area contributed by atoms with E-state index in [1.807, 2.05) is 49.2 Å². The Morgan fingerprint density at radius 3 is 2.42 bits per heavy atom. The van der Waals surface area contributed by atoms with Gasteiger partial charge in [-0.2, -0.15) is 0 Å². The van der Waals surface area contributed by atoms with E-state index in [9.17, 15) is 9.59 Å². The number of carbonyl (C=O) groups is 2. The largest absolute Gasteiger partial charge is 0.494 e. The predicted octanol–water partition coefficient (Wildman–Crippen LogP) is 3.24. The molecule has 1 fully saturated rings. The van der Waals surface area contributed by atoms with Crippen LogP contribution in [-0.2, 0) is 16.1 Å². The molecule has 0 aromatic heterocycles. The van der Waals surface area contributed by atoms with Crippen molar-refractivity contribution >= 4 is 17.5 Å². The van der Waals surface area contributed by atoms with Crippen LogP contribution in [-0.4, -0.2) is 36.4 Å². The van der Waals surface area contributed by atoms with Gasteiger partial charge < -0.3 is 4.74 Å². The molecule has 2 aromatic carbocycles. The number of hydrogen-bond donors (Lipinski definition) is 0. The third-order valence-corrected chi connectivity index (χ3v) is 4.50. The number of anilines is 1. The molecule has 0 N–H and O–H groups in total. The second-order valence-corrected chi connectivity index (χ2v) is 6.53. The fourth-order valence-corrected chi connectivity index (χ4v) is 3.12. The minimum atomic E-state index is -0.432. The molecule has 1 saturated heterocycles. The van der Waals surface area contributed by atoms with Gasteiger partial charge in [-0.25, -0.2) is 4.90 Å². The Bertz CT molecular complexity index is 759. The van der Waals surface area contributed by atoms with Crippen molar-refractivity contribution in [1.29, 1.82) is 0 Å². The Morgan fingerprint density at radius 2 is 1.77 bits per heavy atom. The first-order chi connectivity index (χ1) is 12.6. The first-order valence-corrected chi connectivity index (χ1v) is 8.94. The molecule has 0 aliphatic carbocycles. The van der Waals surface area contributed by atoms with Crippen molar-refractivity contribution in [3.63, 3.8) is 0 Å². The normalized spacial score (nSPS) is 17.2. The average Bonchev–Trinajstić information content (AvgIpc) is 2.96. The molecule has 1 aliphatic heterocycles. The van der Waals surface area contributed by atoms with Crippen LogP contribution >= 0.6 is 0 Å². The summed E-state index contributed by atoms with van der Waals surface area (Å²) in [6.07, 6.45) is 1.14. The number of benzene rings is 2. The molecule has 1 aliphatic rings. The third kappa shape index (κ3) is 3.94. The van der Waals surface area contributed by atoms with E-state index in [0.29, 0.717) is 18.8 Å². The Labute approximate surface area is 154 Å². The number of hydrogen-bond acceptors (Lipinski definition) is 4. The van der Waals surface area contributed by atoms with Crippen molar-refractivity contribution in [3.8, 4) is 5.75 Å². The number of imide groups is 1. The summed E-state index contributed by atoms with van der Waals surface area (Å²) in [5, 5.41) is 0. The van der Waals surface area contributed by atoms with Gasteiger partial charge in [0.05, 0.1) is 24.8 Å². The van der Waals surface area contributed by atoms with Crippen molar-refractivity contribution in [2.45, 2.75) is 32.4 Å². The molecule has 5 nitrogen and oxygen atoms in total. The van der Waals surface area contributed by atoms with Gasteiger partial charge in [0, 0.05) is 6.54 Å². The molecule has 1 atom stereocenters. The van der Waals surface area contributed by atoms with E-state index in [4.69, 9.17) is 4.74 Å². The maximum atomic E-state index is 12.8. The number of likely N-dealkylation sites (N-methyl/N-ethyl adjacent to an activating group) is 1. The number of amides is 2. The molecular weight excluding hydrogens is 328 g/mol. The van der Waals surface area contributed by atoms with Crippen LogP contribution in [0.2, 0.25) is 0 Å². The summed E-state index contributed by atoms with van der Waals surface area (Å²) >= 11 is 0. The lowest BCUT2D eigenvalue weighted by atomic mass is 10.1. The van der Waals surface area contributed by atoms with Crippen molar-refractivity contribution in [2.24, 2.45) is 0 Å². The van der Waals surface area contributed by atoms with Crippen LogP contribution in [0.4, 0.5) is 5.69 Å². The Balaban J connectivity index is 1.70. The van der Waals surface area contributed by atoms with Gasteiger partial charge in [0.2, 0.25) is 5.91 Å². The van der Waals surface area contributed by atoms with Crippen molar-refractivity contribution in [1.82, 2.24) is 4.90 Å². The van der Waals surface area contributed by atoms with E-state index >= 15 is 0 Å². The van der Waals surface area contributed by atoms with Gasteiger partial charge >= 0.3 is 0 Å². The molecule has 1 heterocycles. The minimum Gasteiger partial charge on any atom is -0.494 e. The number of carbonyl (C=O) groups excluding carboxylic acids is 2. The molecule has 0 saturated carbocycles. The van der Waals surface area contributed by atoms with E-state index in [-0.39, 0.29) is 18.2 Å². The second-order valence-electron chi connectivity index (χ2n) is 6.53. The van der Waals surface area contributed by atoms with Gasteiger partial charge in [-0.3, -0.25) is 14.5 Å². The lowest BCUT2D eigenvalue weighted by molar-refractivity contribution is -0.122. The van der Waals surface area contributed by atoms with Crippen molar-refractivity contribution in [3.05, 3.63) is 60.2 Å². The highest BCUT2D eigenvalue weighted by Crippen LogP contribution is 2.27. The average molecular weight is 352 g/mol. The van der Waals surface area contributed by atoms with Crippen LogP contribution in [0.15, 0.2) is 54.6 Å². The lowest BCUT2D eigenvalue weighted by Gasteiger charge is -2.23. The SMILES string of the molecule is CCCOc1ccc(N2C(=O)CC(N(C)Cc3ccccc3)C2=O)cc1. The highest BCUT2D eigenvalue weighted by atomic mass is 16.5. The van der Waals surface area contributed by atoms with Gasteiger partial charge in [-0.15, -0.1) is 0 Å². The van der Waals surface area contributed by atoms with Crippen LogP contribution in [0.1, 0.15) is 25.3 Å². The van der Waals surface area contributed by atoms with Crippen LogP contribution in [0, 0.1) is 0 Å². The van der Waals surface area contributed by atoms with Crippen molar-refractivity contribution < 1.29 is 14.3 Å². The molecule has 5 heteroatoms. The minimum absolute atomic E-state index is 0.165. The predicted molar refractivity (Wildman–Crippen MR) is 101 cm³/mol. The molecule has 136 valence electrons. The Morgan fingerprint density at radius 1 is 1.08 bits per heavy atom. The fraction of sp³-hybridized carbons (Fsp3) is 0.333. The van der Waals surface area contributed by atoms with Crippen LogP contribution in [0.3, 0.4) is 0 Å². The Hall–Kier alpha value is -2.66. The zero-order valence-corrected chi connectivity index (χ0v) is 15.2. The van der Waals surface area contributed by atoms with Crippen LogP contribution in [0.25, 0.3) is 0 Å². The van der Waals surface area contributed by atoms with Crippen LogP contribution in [0.5, 0.6) is 5.75 Å². The molecule has 3 rings (SSSR count). The molecule has 26 heavy (non-hydrogen) atoms.